The van der Waals surface area contributed by atoms with E-state index in [1.165, 1.54) is 29.4 Å². The second kappa shape index (κ2) is 9.10. The topological polar surface area (TPSA) is 96.1 Å². The number of nitrogens with one attached hydrogen (secondary N) is 3. The largest absolute Gasteiger partial charge is 0.467 e. The number of fused-ring (bicyclic) bond motifs is 2. The average molecular weight is 445 g/mol. The van der Waals surface area contributed by atoms with Crippen LogP contribution in [-0.4, -0.2) is 35.3 Å². The number of nitrogens with zero attached hydrogens (tertiary/aromatic N) is 1. The van der Waals surface area contributed by atoms with Gasteiger partial charge in [-0.1, -0.05) is 24.3 Å². The molecule has 0 spiro atoms. The minimum atomic E-state index is -0.795. The van der Waals surface area contributed by atoms with Crippen LogP contribution in [0.2, 0.25) is 0 Å². The molecule has 1 unspecified atom stereocenters. The summed E-state index contributed by atoms with van der Waals surface area (Å²) in [7, 11) is 1.34. The summed E-state index contributed by atoms with van der Waals surface area (Å²) in [6.07, 6.45) is 8.36. The van der Waals surface area contributed by atoms with Gasteiger partial charge in [0.15, 0.2) is 0 Å². The Hall–Kier alpha value is -3.61. The van der Waals surface area contributed by atoms with Crippen molar-refractivity contribution >= 4 is 17.7 Å². The standard InChI is InChI=1S/C26H28N4O3/c1-33-25(31)23(14-16-5-2-8-19(13-16)22-11-12-27-30-22)28-26(32)29-24-20-9-3-6-17(20)15-18-7-4-10-21(18)24/h2,5,8,11-13,15,23H,3-4,6-7,9-10,14H2,1H3,(H,27,30)(H2,28,29,32). The number of methoxy groups -OCH3 is 1. The van der Waals surface area contributed by atoms with Gasteiger partial charge in [-0.05, 0) is 84.0 Å². The highest BCUT2D eigenvalue weighted by atomic mass is 16.5. The van der Waals surface area contributed by atoms with Gasteiger partial charge in [-0.25, -0.2) is 9.59 Å². The van der Waals surface area contributed by atoms with Gasteiger partial charge >= 0.3 is 12.0 Å². The molecule has 7 nitrogen and oxygen atoms in total. The maximum absolute atomic E-state index is 13.0. The number of benzene rings is 2. The molecule has 2 amide bonds. The fourth-order valence-electron chi connectivity index (χ4n) is 5.13. The molecule has 0 aliphatic heterocycles. The molecular formula is C26H28N4O3. The molecule has 3 N–H and O–H groups in total. The number of urea groups is 1. The second-order valence-electron chi connectivity index (χ2n) is 8.78. The lowest BCUT2D eigenvalue weighted by Crippen LogP contribution is -2.45. The van der Waals surface area contributed by atoms with Crippen molar-refractivity contribution in [2.75, 3.05) is 12.4 Å². The third kappa shape index (κ3) is 4.35. The Labute approximate surface area is 192 Å². The first-order valence-corrected chi connectivity index (χ1v) is 11.5. The molecule has 0 radical (unpaired) electrons. The van der Waals surface area contributed by atoms with E-state index in [0.29, 0.717) is 6.42 Å². The molecule has 2 aliphatic rings. The van der Waals surface area contributed by atoms with Crippen molar-refractivity contribution < 1.29 is 14.3 Å². The highest BCUT2D eigenvalue weighted by Gasteiger charge is 2.27. The minimum absolute atomic E-state index is 0.326. The van der Waals surface area contributed by atoms with Crippen molar-refractivity contribution in [2.45, 2.75) is 51.0 Å². The van der Waals surface area contributed by atoms with Gasteiger partial charge in [-0.2, -0.15) is 5.10 Å². The summed E-state index contributed by atoms with van der Waals surface area (Å²) < 4.78 is 4.99. The van der Waals surface area contributed by atoms with E-state index in [1.807, 2.05) is 30.3 Å². The van der Waals surface area contributed by atoms with Crippen molar-refractivity contribution in [1.82, 2.24) is 15.5 Å². The zero-order valence-corrected chi connectivity index (χ0v) is 18.7. The van der Waals surface area contributed by atoms with Crippen molar-refractivity contribution in [3.05, 3.63) is 70.4 Å². The summed E-state index contributed by atoms with van der Waals surface area (Å²) in [6.45, 7) is 0. The monoisotopic (exact) mass is 444 g/mol. The van der Waals surface area contributed by atoms with Gasteiger partial charge in [0, 0.05) is 18.3 Å². The zero-order chi connectivity index (χ0) is 22.8. The molecular weight excluding hydrogens is 416 g/mol. The molecule has 2 aromatic carbocycles. The number of hydrogen-bond donors (Lipinski definition) is 3. The van der Waals surface area contributed by atoms with Crippen molar-refractivity contribution in [3.8, 4) is 11.3 Å². The molecule has 0 saturated carbocycles. The fraction of sp³-hybridized carbons (Fsp3) is 0.346. The number of aromatic nitrogens is 2. The van der Waals surface area contributed by atoms with Gasteiger partial charge in [0.1, 0.15) is 6.04 Å². The van der Waals surface area contributed by atoms with Crippen LogP contribution >= 0.6 is 0 Å². The average Bonchev–Trinajstić information content (AvgIpc) is 3.59. The predicted molar refractivity (Wildman–Crippen MR) is 126 cm³/mol. The zero-order valence-electron chi connectivity index (χ0n) is 18.7. The van der Waals surface area contributed by atoms with E-state index in [-0.39, 0.29) is 6.03 Å². The van der Waals surface area contributed by atoms with Crippen LogP contribution in [0, 0.1) is 0 Å². The molecule has 0 bridgehead atoms. The minimum Gasteiger partial charge on any atom is -0.467 e. The summed E-state index contributed by atoms with van der Waals surface area (Å²) >= 11 is 0. The Morgan fingerprint density at radius 3 is 2.48 bits per heavy atom. The third-order valence-electron chi connectivity index (χ3n) is 6.68. The number of amides is 2. The molecule has 3 aromatic rings. The maximum Gasteiger partial charge on any atom is 0.328 e. The first-order valence-electron chi connectivity index (χ1n) is 11.5. The quantitative estimate of drug-likeness (QED) is 0.502. The smallest absolute Gasteiger partial charge is 0.328 e. The number of carbonyl (C=O) groups excluding carboxylic acids is 2. The first-order chi connectivity index (χ1) is 16.1. The van der Waals surface area contributed by atoms with E-state index < -0.39 is 12.0 Å². The molecule has 1 aromatic heterocycles. The summed E-state index contributed by atoms with van der Waals surface area (Å²) in [6, 6.07) is 10.9. The van der Waals surface area contributed by atoms with Crippen molar-refractivity contribution in [3.63, 3.8) is 0 Å². The highest BCUT2D eigenvalue weighted by molar-refractivity contribution is 5.94. The second-order valence-corrected chi connectivity index (χ2v) is 8.78. The molecule has 0 fully saturated rings. The van der Waals surface area contributed by atoms with Gasteiger partial charge in [0.05, 0.1) is 12.8 Å². The van der Waals surface area contributed by atoms with E-state index in [4.69, 9.17) is 4.74 Å². The lowest BCUT2D eigenvalue weighted by atomic mass is 9.99. The molecule has 33 heavy (non-hydrogen) atoms. The van der Waals surface area contributed by atoms with Crippen LogP contribution in [0.25, 0.3) is 11.3 Å². The Balaban J connectivity index is 1.34. The molecule has 0 saturated heterocycles. The summed E-state index contributed by atoms with van der Waals surface area (Å²) in [4.78, 5) is 25.6. The molecule has 2 aliphatic carbocycles. The molecule has 5 rings (SSSR count). The number of anilines is 1. The van der Waals surface area contributed by atoms with Crippen LogP contribution in [0.3, 0.4) is 0 Å². The Kier molecular flexibility index (Phi) is 5.86. The highest BCUT2D eigenvalue weighted by Crippen LogP contribution is 2.38. The number of esters is 1. The number of hydrogen-bond acceptors (Lipinski definition) is 4. The third-order valence-corrected chi connectivity index (χ3v) is 6.68. The number of rotatable bonds is 6. The van der Waals surface area contributed by atoms with Crippen LogP contribution < -0.4 is 10.6 Å². The molecule has 7 heteroatoms. The Morgan fingerprint density at radius 1 is 1.06 bits per heavy atom. The maximum atomic E-state index is 13.0. The van der Waals surface area contributed by atoms with Gasteiger partial charge in [-0.15, -0.1) is 0 Å². The fourth-order valence-corrected chi connectivity index (χ4v) is 5.13. The van der Waals surface area contributed by atoms with E-state index in [9.17, 15) is 9.59 Å². The summed E-state index contributed by atoms with van der Waals surface area (Å²) in [5.41, 5.74) is 8.95. The van der Waals surface area contributed by atoms with Gasteiger partial charge < -0.3 is 15.4 Å². The summed E-state index contributed by atoms with van der Waals surface area (Å²) in [5, 5.41) is 12.9. The van der Waals surface area contributed by atoms with E-state index in [2.05, 4.69) is 26.9 Å². The van der Waals surface area contributed by atoms with Crippen LogP contribution in [0.4, 0.5) is 10.5 Å². The predicted octanol–water partition coefficient (Wildman–Crippen LogP) is 3.96. The van der Waals surface area contributed by atoms with Crippen LogP contribution in [0.5, 0.6) is 0 Å². The first kappa shape index (κ1) is 21.2. The van der Waals surface area contributed by atoms with Crippen LogP contribution in [-0.2, 0) is 41.6 Å². The summed E-state index contributed by atoms with van der Waals surface area (Å²) in [5.74, 6) is -0.472. The van der Waals surface area contributed by atoms with E-state index >= 15 is 0 Å². The van der Waals surface area contributed by atoms with Gasteiger partial charge in [-0.3, -0.25) is 5.10 Å². The number of H-pyrrole nitrogens is 1. The van der Waals surface area contributed by atoms with Crippen LogP contribution in [0.15, 0.2) is 42.6 Å². The van der Waals surface area contributed by atoms with Gasteiger partial charge in [0.25, 0.3) is 0 Å². The van der Waals surface area contributed by atoms with Gasteiger partial charge in [0.2, 0.25) is 0 Å². The lowest BCUT2D eigenvalue weighted by molar-refractivity contribution is -0.142. The SMILES string of the molecule is COC(=O)C(Cc1cccc(-c2ccn[nH]2)c1)NC(=O)Nc1c2c(cc3c1CCC3)CCC2. The molecule has 1 atom stereocenters. The number of ether oxygens (including phenoxy) is 1. The Morgan fingerprint density at radius 2 is 1.82 bits per heavy atom. The van der Waals surface area contributed by atoms with Crippen LogP contribution in [0.1, 0.15) is 40.7 Å². The van der Waals surface area contributed by atoms with Crippen molar-refractivity contribution in [1.29, 1.82) is 0 Å². The number of aromatic amines is 1. The molecule has 170 valence electrons. The Bertz CT molecular complexity index is 1150. The van der Waals surface area contributed by atoms with E-state index in [0.717, 1.165) is 61.0 Å². The number of carbonyl (C=O) groups is 2. The number of aryl methyl sites for hydroxylation is 2. The lowest BCUT2D eigenvalue weighted by Gasteiger charge is -2.20. The molecule has 1 heterocycles. The van der Waals surface area contributed by atoms with Crippen molar-refractivity contribution in [2.24, 2.45) is 0 Å². The van der Waals surface area contributed by atoms with E-state index in [1.54, 1.807) is 6.20 Å². The normalized spacial score (nSPS) is 14.9.